The van der Waals surface area contributed by atoms with Crippen LogP contribution in [-0.2, 0) is 7.05 Å². The van der Waals surface area contributed by atoms with Crippen LogP contribution in [0.2, 0.25) is 0 Å². The van der Waals surface area contributed by atoms with Crippen molar-refractivity contribution >= 4 is 38.4 Å². The molecule has 0 bridgehead atoms. The lowest BCUT2D eigenvalue weighted by Crippen LogP contribution is -2.16. The van der Waals surface area contributed by atoms with Crippen LogP contribution in [0.25, 0.3) is 32.6 Å². The highest BCUT2D eigenvalue weighted by Crippen LogP contribution is 2.39. The summed E-state index contributed by atoms with van der Waals surface area (Å²) in [6, 6.07) is 9.82. The third-order valence-corrected chi connectivity index (χ3v) is 5.26. The number of nitrogens with zero attached hydrogens (tertiary/aromatic N) is 3. The van der Waals surface area contributed by atoms with Gasteiger partial charge in [-0.25, -0.2) is 4.98 Å². The molecule has 0 spiro atoms. The van der Waals surface area contributed by atoms with Gasteiger partial charge in [0, 0.05) is 35.9 Å². The summed E-state index contributed by atoms with van der Waals surface area (Å²) in [6.07, 6.45) is 3.00. The number of aryl methyl sites for hydroxylation is 2. The maximum atomic E-state index is 10.3. The van der Waals surface area contributed by atoms with E-state index in [0.717, 1.165) is 58.0 Å². The second kappa shape index (κ2) is 6.74. The van der Waals surface area contributed by atoms with E-state index in [9.17, 15) is 5.11 Å². The Balaban J connectivity index is 1.93. The minimum atomic E-state index is 0.316. The lowest BCUT2D eigenvalue weighted by atomic mass is 10.0. The molecule has 0 atom stereocenters. The monoisotopic (exact) mass is 362 g/mol. The SMILES string of the molecule is Cc1cnc(NCCCN(C)C)c2c3ccc4c(O)cccc4c3n(C)c12. The number of pyridine rings is 1. The molecule has 5 heteroatoms. The maximum absolute atomic E-state index is 10.3. The lowest BCUT2D eigenvalue weighted by Gasteiger charge is -2.11. The third kappa shape index (κ3) is 2.88. The van der Waals surface area contributed by atoms with Crippen LogP contribution in [-0.4, -0.2) is 46.7 Å². The summed E-state index contributed by atoms with van der Waals surface area (Å²) in [4.78, 5) is 6.89. The van der Waals surface area contributed by atoms with Crippen molar-refractivity contribution in [3.63, 3.8) is 0 Å². The van der Waals surface area contributed by atoms with E-state index in [0.29, 0.717) is 5.75 Å². The van der Waals surface area contributed by atoms with Gasteiger partial charge < -0.3 is 19.9 Å². The standard InChI is InChI=1S/C22H26N4O/c1-14-13-24-22(23-11-6-12-25(2)3)19-17-10-9-15-16(7-5-8-18(15)27)21(17)26(4)20(14)19/h5,7-10,13,27H,6,11-12H2,1-4H3,(H,23,24). The Morgan fingerprint density at radius 1 is 1.07 bits per heavy atom. The molecule has 0 radical (unpaired) electrons. The molecule has 0 fully saturated rings. The molecule has 0 amide bonds. The molecule has 140 valence electrons. The Morgan fingerprint density at radius 3 is 2.63 bits per heavy atom. The smallest absolute Gasteiger partial charge is 0.136 e. The van der Waals surface area contributed by atoms with Crippen LogP contribution in [0.3, 0.4) is 0 Å². The summed E-state index contributed by atoms with van der Waals surface area (Å²) >= 11 is 0. The Bertz CT molecular complexity index is 1140. The molecule has 0 unspecified atom stereocenters. The Kier molecular flexibility index (Phi) is 4.40. The first-order valence-corrected chi connectivity index (χ1v) is 9.36. The number of anilines is 1. The van der Waals surface area contributed by atoms with Gasteiger partial charge in [0.05, 0.1) is 16.4 Å². The summed E-state index contributed by atoms with van der Waals surface area (Å²) in [5.74, 6) is 1.25. The van der Waals surface area contributed by atoms with E-state index in [-0.39, 0.29) is 0 Å². The van der Waals surface area contributed by atoms with E-state index in [1.165, 1.54) is 5.52 Å². The Hall–Kier alpha value is -2.79. The van der Waals surface area contributed by atoms with Gasteiger partial charge in [0.1, 0.15) is 11.6 Å². The number of phenols is 1. The average molecular weight is 362 g/mol. The number of phenolic OH excluding ortho intramolecular Hbond substituents is 1. The number of benzene rings is 2. The van der Waals surface area contributed by atoms with Gasteiger partial charge in [-0.05, 0) is 51.7 Å². The van der Waals surface area contributed by atoms with E-state index in [1.807, 2.05) is 18.3 Å². The molecule has 0 saturated carbocycles. The highest BCUT2D eigenvalue weighted by molar-refractivity contribution is 6.21. The molecule has 2 aromatic carbocycles. The molecule has 0 aliphatic carbocycles. The fourth-order valence-electron chi connectivity index (χ4n) is 4.02. The van der Waals surface area contributed by atoms with Gasteiger partial charge in [0.15, 0.2) is 0 Å². The van der Waals surface area contributed by atoms with Crippen molar-refractivity contribution in [1.82, 2.24) is 14.5 Å². The van der Waals surface area contributed by atoms with Gasteiger partial charge in [0.25, 0.3) is 0 Å². The molecule has 2 N–H and O–H groups in total. The topological polar surface area (TPSA) is 53.3 Å². The van der Waals surface area contributed by atoms with Gasteiger partial charge in [-0.2, -0.15) is 0 Å². The summed E-state index contributed by atoms with van der Waals surface area (Å²) in [7, 11) is 6.28. The fraction of sp³-hybridized carbons (Fsp3) is 0.318. The lowest BCUT2D eigenvalue weighted by molar-refractivity contribution is 0.405. The summed E-state index contributed by atoms with van der Waals surface area (Å²) in [5, 5.41) is 18.0. The van der Waals surface area contributed by atoms with Crippen LogP contribution >= 0.6 is 0 Å². The minimum absolute atomic E-state index is 0.316. The van der Waals surface area contributed by atoms with Crippen LogP contribution in [0.1, 0.15) is 12.0 Å². The van der Waals surface area contributed by atoms with E-state index in [2.05, 4.69) is 55.0 Å². The molecular formula is C22H26N4O. The van der Waals surface area contributed by atoms with E-state index >= 15 is 0 Å². The second-order valence-electron chi connectivity index (χ2n) is 7.49. The molecule has 5 nitrogen and oxygen atoms in total. The summed E-state index contributed by atoms with van der Waals surface area (Å²) in [6.45, 7) is 4.03. The molecule has 4 rings (SSSR count). The van der Waals surface area contributed by atoms with Crippen molar-refractivity contribution in [3.05, 3.63) is 42.1 Å². The predicted octanol–water partition coefficient (Wildman–Crippen LogP) is 4.26. The highest BCUT2D eigenvalue weighted by Gasteiger charge is 2.17. The van der Waals surface area contributed by atoms with Gasteiger partial charge in [-0.15, -0.1) is 0 Å². The first-order valence-electron chi connectivity index (χ1n) is 9.36. The van der Waals surface area contributed by atoms with Gasteiger partial charge in [-0.1, -0.05) is 18.2 Å². The van der Waals surface area contributed by atoms with Crippen molar-refractivity contribution in [2.45, 2.75) is 13.3 Å². The Morgan fingerprint density at radius 2 is 1.85 bits per heavy atom. The third-order valence-electron chi connectivity index (χ3n) is 5.26. The van der Waals surface area contributed by atoms with E-state index in [4.69, 9.17) is 4.98 Å². The van der Waals surface area contributed by atoms with Crippen molar-refractivity contribution in [1.29, 1.82) is 0 Å². The number of aromatic nitrogens is 2. The first-order chi connectivity index (χ1) is 13.0. The van der Waals surface area contributed by atoms with E-state index in [1.54, 1.807) is 6.07 Å². The van der Waals surface area contributed by atoms with Crippen LogP contribution in [0.15, 0.2) is 36.5 Å². The molecule has 27 heavy (non-hydrogen) atoms. The second-order valence-corrected chi connectivity index (χ2v) is 7.49. The molecular weight excluding hydrogens is 336 g/mol. The average Bonchev–Trinajstić information content (AvgIpc) is 2.95. The molecule has 4 aromatic rings. The van der Waals surface area contributed by atoms with Crippen LogP contribution < -0.4 is 5.32 Å². The largest absolute Gasteiger partial charge is 0.507 e. The maximum Gasteiger partial charge on any atom is 0.136 e. The zero-order chi connectivity index (χ0) is 19.1. The minimum Gasteiger partial charge on any atom is -0.507 e. The molecule has 0 aliphatic heterocycles. The fourth-order valence-corrected chi connectivity index (χ4v) is 4.02. The molecule has 0 saturated heterocycles. The molecule has 2 heterocycles. The normalized spacial score (nSPS) is 11.9. The highest BCUT2D eigenvalue weighted by atomic mass is 16.3. The number of rotatable bonds is 5. The van der Waals surface area contributed by atoms with Gasteiger partial charge in [0.2, 0.25) is 0 Å². The molecule has 2 aromatic heterocycles. The number of nitrogens with one attached hydrogen (secondary N) is 1. The number of fused-ring (bicyclic) bond motifs is 5. The van der Waals surface area contributed by atoms with Crippen molar-refractivity contribution in [3.8, 4) is 5.75 Å². The predicted molar refractivity (Wildman–Crippen MR) is 114 cm³/mol. The van der Waals surface area contributed by atoms with Crippen molar-refractivity contribution in [2.75, 3.05) is 32.5 Å². The number of hydrogen-bond acceptors (Lipinski definition) is 4. The van der Waals surface area contributed by atoms with Crippen molar-refractivity contribution < 1.29 is 5.11 Å². The first kappa shape index (κ1) is 17.6. The van der Waals surface area contributed by atoms with Gasteiger partial charge >= 0.3 is 0 Å². The Labute approximate surface area is 159 Å². The van der Waals surface area contributed by atoms with Crippen LogP contribution in [0, 0.1) is 6.92 Å². The zero-order valence-electron chi connectivity index (χ0n) is 16.4. The van der Waals surface area contributed by atoms with Gasteiger partial charge in [-0.3, -0.25) is 0 Å². The summed E-state index contributed by atoms with van der Waals surface area (Å²) < 4.78 is 2.23. The quantitative estimate of drug-likeness (QED) is 0.521. The molecule has 0 aliphatic rings. The number of hydrogen-bond donors (Lipinski definition) is 2. The summed E-state index contributed by atoms with van der Waals surface area (Å²) in [5.41, 5.74) is 3.47. The van der Waals surface area contributed by atoms with E-state index < -0.39 is 0 Å². The van der Waals surface area contributed by atoms with Crippen LogP contribution in [0.4, 0.5) is 5.82 Å². The zero-order valence-corrected chi connectivity index (χ0v) is 16.4. The van der Waals surface area contributed by atoms with Crippen molar-refractivity contribution in [2.24, 2.45) is 7.05 Å². The van der Waals surface area contributed by atoms with Crippen LogP contribution in [0.5, 0.6) is 5.75 Å². The number of aromatic hydroxyl groups is 1.